The average molecular weight is 225 g/mol. The maximum Gasteiger partial charge on any atom is 0.416 e. The highest BCUT2D eigenvalue weighted by Crippen LogP contribution is 2.34. The Morgan fingerprint density at radius 2 is 2.00 bits per heavy atom. The quantitative estimate of drug-likeness (QED) is 0.699. The summed E-state index contributed by atoms with van der Waals surface area (Å²) < 4.78 is 41.9. The van der Waals surface area contributed by atoms with Crippen LogP contribution in [0.2, 0.25) is 0 Å². The molecule has 5 heteroatoms. The van der Waals surface area contributed by atoms with E-state index >= 15 is 0 Å². The molecular weight excluding hydrogens is 217 g/mol. The van der Waals surface area contributed by atoms with Crippen molar-refractivity contribution in [1.29, 1.82) is 0 Å². The Labute approximate surface area is 84.4 Å². The monoisotopic (exact) mass is 224 g/mol. The standard InChI is InChI=1S/C9H8ClF3O/c1-14-7-2-3-8(9(11,12)13)6(4-7)5-10/h2-4H,5H2,1H3. The van der Waals surface area contributed by atoms with Gasteiger partial charge in [0, 0.05) is 5.88 Å². The molecule has 78 valence electrons. The summed E-state index contributed by atoms with van der Waals surface area (Å²) in [6.45, 7) is 0. The van der Waals surface area contributed by atoms with Crippen LogP contribution in [-0.4, -0.2) is 7.11 Å². The van der Waals surface area contributed by atoms with Crippen molar-refractivity contribution in [2.45, 2.75) is 12.1 Å². The van der Waals surface area contributed by atoms with E-state index in [-0.39, 0.29) is 11.4 Å². The zero-order chi connectivity index (χ0) is 10.8. The molecule has 0 aromatic heterocycles. The van der Waals surface area contributed by atoms with Crippen molar-refractivity contribution < 1.29 is 17.9 Å². The number of benzene rings is 1. The van der Waals surface area contributed by atoms with Crippen LogP contribution in [0.15, 0.2) is 18.2 Å². The van der Waals surface area contributed by atoms with Gasteiger partial charge >= 0.3 is 6.18 Å². The second kappa shape index (κ2) is 4.09. The normalized spacial score (nSPS) is 11.5. The fourth-order valence-electron chi connectivity index (χ4n) is 1.08. The van der Waals surface area contributed by atoms with E-state index in [1.807, 2.05) is 0 Å². The molecule has 0 N–H and O–H groups in total. The molecule has 0 atom stereocenters. The highest BCUT2D eigenvalue weighted by molar-refractivity contribution is 6.17. The Morgan fingerprint density at radius 3 is 2.43 bits per heavy atom. The van der Waals surface area contributed by atoms with Crippen molar-refractivity contribution in [3.63, 3.8) is 0 Å². The molecule has 0 heterocycles. The maximum absolute atomic E-state index is 12.4. The molecule has 1 aromatic carbocycles. The second-order valence-electron chi connectivity index (χ2n) is 2.65. The maximum atomic E-state index is 12.4. The van der Waals surface area contributed by atoms with Crippen molar-refractivity contribution in [3.8, 4) is 5.75 Å². The number of ether oxygens (including phenoxy) is 1. The molecule has 0 unspecified atom stereocenters. The van der Waals surface area contributed by atoms with Gasteiger partial charge in [0.2, 0.25) is 0 Å². The van der Waals surface area contributed by atoms with Gasteiger partial charge in [0.25, 0.3) is 0 Å². The Bertz CT molecular complexity index is 322. The summed E-state index contributed by atoms with van der Waals surface area (Å²) in [5.41, 5.74) is -0.688. The number of alkyl halides is 4. The molecule has 0 aliphatic rings. The fourth-order valence-corrected chi connectivity index (χ4v) is 1.31. The van der Waals surface area contributed by atoms with E-state index in [2.05, 4.69) is 0 Å². The van der Waals surface area contributed by atoms with Crippen molar-refractivity contribution >= 4 is 11.6 Å². The molecule has 0 radical (unpaired) electrons. The molecule has 0 aliphatic carbocycles. The van der Waals surface area contributed by atoms with Crippen molar-refractivity contribution in [1.82, 2.24) is 0 Å². The summed E-state index contributed by atoms with van der Waals surface area (Å²) >= 11 is 5.41. The third-order valence-corrected chi connectivity index (χ3v) is 2.05. The topological polar surface area (TPSA) is 9.23 Å². The molecule has 14 heavy (non-hydrogen) atoms. The van der Waals surface area contributed by atoms with E-state index in [0.29, 0.717) is 5.75 Å². The average Bonchev–Trinajstić information content (AvgIpc) is 2.15. The third-order valence-electron chi connectivity index (χ3n) is 1.76. The first kappa shape index (κ1) is 11.2. The van der Waals surface area contributed by atoms with E-state index in [4.69, 9.17) is 16.3 Å². The first-order valence-electron chi connectivity index (χ1n) is 3.79. The van der Waals surface area contributed by atoms with Crippen molar-refractivity contribution in [3.05, 3.63) is 29.3 Å². The molecule has 0 aliphatic heterocycles. The lowest BCUT2D eigenvalue weighted by molar-refractivity contribution is -0.138. The summed E-state index contributed by atoms with van der Waals surface area (Å²) in [7, 11) is 1.39. The van der Waals surface area contributed by atoms with Gasteiger partial charge in [-0.3, -0.25) is 0 Å². The Morgan fingerprint density at radius 1 is 1.36 bits per heavy atom. The molecule has 0 bridgehead atoms. The SMILES string of the molecule is COc1ccc(C(F)(F)F)c(CCl)c1. The van der Waals surface area contributed by atoms with Crippen LogP contribution in [0.3, 0.4) is 0 Å². The molecule has 1 nitrogen and oxygen atoms in total. The predicted molar refractivity (Wildman–Crippen MR) is 47.6 cm³/mol. The fraction of sp³-hybridized carbons (Fsp3) is 0.333. The predicted octanol–water partition coefficient (Wildman–Crippen LogP) is 3.45. The van der Waals surface area contributed by atoms with Gasteiger partial charge in [-0.2, -0.15) is 13.2 Å². The van der Waals surface area contributed by atoms with Crippen LogP contribution in [0.5, 0.6) is 5.75 Å². The van der Waals surface area contributed by atoms with Crippen LogP contribution in [0.1, 0.15) is 11.1 Å². The van der Waals surface area contributed by atoms with Crippen LogP contribution in [0.4, 0.5) is 13.2 Å². The minimum Gasteiger partial charge on any atom is -0.497 e. The molecule has 0 spiro atoms. The van der Waals surface area contributed by atoms with Gasteiger partial charge in [-0.1, -0.05) is 0 Å². The largest absolute Gasteiger partial charge is 0.497 e. The Kier molecular flexibility index (Phi) is 3.26. The summed E-state index contributed by atoms with van der Waals surface area (Å²) in [6, 6.07) is 3.52. The van der Waals surface area contributed by atoms with Crippen LogP contribution < -0.4 is 4.74 Å². The Balaban J connectivity index is 3.18. The number of halogens is 4. The molecule has 1 rings (SSSR count). The minimum absolute atomic E-state index is 0.0264. The summed E-state index contributed by atoms with van der Waals surface area (Å²) in [4.78, 5) is 0. The second-order valence-corrected chi connectivity index (χ2v) is 2.92. The molecular formula is C9H8ClF3O. The lowest BCUT2D eigenvalue weighted by atomic mass is 10.1. The van der Waals surface area contributed by atoms with Crippen molar-refractivity contribution in [2.75, 3.05) is 7.11 Å². The highest BCUT2D eigenvalue weighted by Gasteiger charge is 2.33. The van der Waals surface area contributed by atoms with Crippen LogP contribution in [0, 0.1) is 0 Å². The van der Waals surface area contributed by atoms with Gasteiger partial charge in [0.15, 0.2) is 0 Å². The van der Waals surface area contributed by atoms with E-state index in [9.17, 15) is 13.2 Å². The zero-order valence-electron chi connectivity index (χ0n) is 7.36. The number of methoxy groups -OCH3 is 1. The molecule has 1 aromatic rings. The zero-order valence-corrected chi connectivity index (χ0v) is 8.12. The van der Waals surface area contributed by atoms with Gasteiger partial charge in [-0.15, -0.1) is 11.6 Å². The van der Waals surface area contributed by atoms with Crippen LogP contribution in [-0.2, 0) is 12.1 Å². The first-order chi connectivity index (χ1) is 6.49. The van der Waals surface area contributed by atoms with Crippen molar-refractivity contribution in [2.24, 2.45) is 0 Å². The molecule has 0 fully saturated rings. The van der Waals surface area contributed by atoms with Gasteiger partial charge in [-0.25, -0.2) is 0 Å². The smallest absolute Gasteiger partial charge is 0.416 e. The van der Waals surface area contributed by atoms with Gasteiger partial charge in [0.1, 0.15) is 5.75 Å². The molecule has 0 amide bonds. The first-order valence-corrected chi connectivity index (χ1v) is 4.32. The van der Waals surface area contributed by atoms with E-state index < -0.39 is 11.7 Å². The minimum atomic E-state index is -4.36. The number of hydrogen-bond acceptors (Lipinski definition) is 1. The summed E-state index contributed by atoms with van der Waals surface area (Å²) in [5, 5.41) is 0. The van der Waals surface area contributed by atoms with Crippen LogP contribution >= 0.6 is 11.6 Å². The number of rotatable bonds is 2. The van der Waals surface area contributed by atoms with Gasteiger partial charge in [-0.05, 0) is 23.8 Å². The highest BCUT2D eigenvalue weighted by atomic mass is 35.5. The van der Waals surface area contributed by atoms with E-state index in [0.717, 1.165) is 6.07 Å². The van der Waals surface area contributed by atoms with Gasteiger partial charge < -0.3 is 4.74 Å². The van der Waals surface area contributed by atoms with E-state index in [1.54, 1.807) is 0 Å². The van der Waals surface area contributed by atoms with E-state index in [1.165, 1.54) is 19.2 Å². The molecule has 0 saturated heterocycles. The lowest BCUT2D eigenvalue weighted by Crippen LogP contribution is -2.08. The lowest BCUT2D eigenvalue weighted by Gasteiger charge is -2.11. The van der Waals surface area contributed by atoms with Gasteiger partial charge in [0.05, 0.1) is 12.7 Å². The molecule has 0 saturated carbocycles. The Hall–Kier alpha value is -0.900. The summed E-state index contributed by atoms with van der Waals surface area (Å²) in [6.07, 6.45) is -4.36. The van der Waals surface area contributed by atoms with Crippen LogP contribution in [0.25, 0.3) is 0 Å². The third kappa shape index (κ3) is 2.32. The summed E-state index contributed by atoms with van der Waals surface area (Å²) in [5.74, 6) is 0.181. The number of hydrogen-bond donors (Lipinski definition) is 0.